The Morgan fingerprint density at radius 3 is 2.69 bits per heavy atom. The van der Waals surface area contributed by atoms with Crippen molar-refractivity contribution in [1.82, 2.24) is 0 Å². The largest absolute Gasteiger partial charge is 0.498 e. The second kappa shape index (κ2) is 3.36. The number of nitrogens with zero attached hydrogens (tertiary/aromatic N) is 1. The van der Waals surface area contributed by atoms with Crippen LogP contribution >= 0.6 is 11.3 Å². The summed E-state index contributed by atoms with van der Waals surface area (Å²) in [7, 11) is -3.28. The molecule has 0 aliphatic heterocycles. The van der Waals surface area contributed by atoms with E-state index < -0.39 is 9.84 Å². The van der Waals surface area contributed by atoms with Crippen molar-refractivity contribution in [2.24, 2.45) is 0 Å². The molecular formula is C7H7NO3S2. The molecule has 0 radical (unpaired) electrons. The lowest BCUT2D eigenvalue weighted by molar-refractivity contribution is 0.603. The molecule has 0 aromatic carbocycles. The molecule has 1 rings (SSSR count). The van der Waals surface area contributed by atoms with E-state index in [0.717, 1.165) is 22.5 Å². The zero-order valence-corrected chi connectivity index (χ0v) is 8.70. The summed E-state index contributed by atoms with van der Waals surface area (Å²) in [6.07, 6.45) is 1.09. The Balaban J connectivity index is 3.42. The van der Waals surface area contributed by atoms with Crippen molar-refractivity contribution in [1.29, 1.82) is 0 Å². The molecule has 0 spiro atoms. The average molecular weight is 217 g/mol. The molecule has 0 saturated carbocycles. The smallest absolute Gasteiger partial charge is 0.338 e. The van der Waals surface area contributed by atoms with Crippen LogP contribution in [0.3, 0.4) is 0 Å². The summed E-state index contributed by atoms with van der Waals surface area (Å²) in [5.41, 5.74) is 0.250. The van der Waals surface area contributed by atoms with Gasteiger partial charge in [-0.25, -0.2) is 8.42 Å². The average Bonchev–Trinajstić information content (AvgIpc) is 2.30. The highest BCUT2D eigenvalue weighted by molar-refractivity contribution is 7.92. The first-order chi connectivity index (χ1) is 5.95. The molecule has 1 aromatic rings. The van der Waals surface area contributed by atoms with Crippen LogP contribution in [0.5, 0.6) is 0 Å². The molecule has 0 bridgehead atoms. The number of aryl methyl sites for hydroxylation is 1. The van der Waals surface area contributed by atoms with Gasteiger partial charge in [0.25, 0.3) is 0 Å². The fourth-order valence-corrected chi connectivity index (χ4v) is 3.08. The zero-order valence-electron chi connectivity index (χ0n) is 7.07. The van der Waals surface area contributed by atoms with E-state index in [1.54, 1.807) is 13.0 Å². The highest BCUT2D eigenvalue weighted by Gasteiger charge is 2.18. The molecule has 0 saturated heterocycles. The summed E-state index contributed by atoms with van der Waals surface area (Å²) in [6.45, 7) is 1.76. The van der Waals surface area contributed by atoms with Gasteiger partial charge < -0.3 is 5.21 Å². The number of thiophene rings is 1. The molecule has 0 N–H and O–H groups in total. The van der Waals surface area contributed by atoms with Crippen LogP contribution < -0.4 is 0 Å². The van der Waals surface area contributed by atoms with Gasteiger partial charge in [-0.05, 0) is 13.0 Å². The van der Waals surface area contributed by atoms with Gasteiger partial charge in [-0.2, -0.15) is 0 Å². The minimum Gasteiger partial charge on any atom is -0.498 e. The molecule has 0 unspecified atom stereocenters. The van der Waals surface area contributed by atoms with Crippen LogP contribution in [-0.2, 0) is 9.84 Å². The molecule has 70 valence electrons. The number of hydrogen-bond acceptors (Lipinski definition) is 4. The summed E-state index contributed by atoms with van der Waals surface area (Å²) in [5, 5.41) is 12.3. The molecule has 4 nitrogen and oxygen atoms in total. The van der Waals surface area contributed by atoms with Crippen LogP contribution in [0, 0.1) is 18.2 Å². The lowest BCUT2D eigenvalue weighted by atomic mass is 10.3. The maximum Gasteiger partial charge on any atom is 0.338 e. The first-order valence-corrected chi connectivity index (χ1v) is 6.05. The fraction of sp³-hybridized carbons (Fsp3) is 0.286. The highest BCUT2D eigenvalue weighted by Crippen LogP contribution is 2.25. The van der Waals surface area contributed by atoms with Crippen LogP contribution in [0.4, 0.5) is 0 Å². The van der Waals surface area contributed by atoms with E-state index in [0.29, 0.717) is 0 Å². The van der Waals surface area contributed by atoms with Gasteiger partial charge in [0.05, 0.1) is 0 Å². The van der Waals surface area contributed by atoms with E-state index in [4.69, 9.17) is 0 Å². The van der Waals surface area contributed by atoms with Crippen molar-refractivity contribution in [3.63, 3.8) is 0 Å². The molecule has 1 heterocycles. The predicted octanol–water partition coefficient (Wildman–Crippen LogP) is 1.64. The van der Waals surface area contributed by atoms with Crippen molar-refractivity contribution in [3.05, 3.63) is 26.7 Å². The zero-order chi connectivity index (χ0) is 10.1. The normalized spacial score (nSPS) is 10.6. The fourth-order valence-electron chi connectivity index (χ4n) is 0.895. The van der Waals surface area contributed by atoms with E-state index in [-0.39, 0.29) is 9.77 Å². The molecule has 0 aliphatic carbocycles. The van der Waals surface area contributed by atoms with E-state index >= 15 is 0 Å². The Hall–Kier alpha value is -1.06. The quantitative estimate of drug-likeness (QED) is 0.672. The first kappa shape index (κ1) is 10.0. The summed E-state index contributed by atoms with van der Waals surface area (Å²) >= 11 is 1.11. The van der Waals surface area contributed by atoms with Crippen molar-refractivity contribution >= 4 is 21.2 Å². The van der Waals surface area contributed by atoms with E-state index in [9.17, 15) is 13.6 Å². The lowest BCUT2D eigenvalue weighted by Gasteiger charge is -1.89. The lowest BCUT2D eigenvalue weighted by Crippen LogP contribution is -1.95. The maximum absolute atomic E-state index is 11.2. The van der Waals surface area contributed by atoms with Gasteiger partial charge in [0, 0.05) is 16.1 Å². The summed E-state index contributed by atoms with van der Waals surface area (Å²) in [6, 6.07) is 3.68. The van der Waals surface area contributed by atoms with Crippen LogP contribution in [0.2, 0.25) is 0 Å². The third-order valence-electron chi connectivity index (χ3n) is 1.32. The molecule has 13 heavy (non-hydrogen) atoms. The van der Waals surface area contributed by atoms with E-state index in [2.05, 4.69) is 11.1 Å². The second-order valence-corrected chi connectivity index (χ2v) is 6.00. The molecule has 0 fully saturated rings. The van der Waals surface area contributed by atoms with E-state index in [1.165, 1.54) is 0 Å². The van der Waals surface area contributed by atoms with Crippen LogP contribution in [0.15, 0.2) is 10.3 Å². The third-order valence-corrected chi connectivity index (χ3v) is 4.22. The number of hydrogen-bond donors (Lipinski definition) is 0. The Morgan fingerprint density at radius 1 is 1.62 bits per heavy atom. The Labute approximate surface area is 80.1 Å². The molecule has 0 amide bonds. The van der Waals surface area contributed by atoms with Crippen molar-refractivity contribution in [2.45, 2.75) is 11.1 Å². The van der Waals surface area contributed by atoms with Crippen molar-refractivity contribution < 1.29 is 8.42 Å². The highest BCUT2D eigenvalue weighted by atomic mass is 32.2. The second-order valence-electron chi connectivity index (χ2n) is 2.53. The summed E-state index contributed by atoms with van der Waals surface area (Å²) < 4.78 is 22.5. The molecule has 0 atom stereocenters. The van der Waals surface area contributed by atoms with Crippen LogP contribution in [0.1, 0.15) is 10.4 Å². The van der Waals surface area contributed by atoms with Crippen molar-refractivity contribution in [3.8, 4) is 6.07 Å². The number of sulfone groups is 1. The van der Waals surface area contributed by atoms with Gasteiger partial charge >= 0.3 is 6.07 Å². The van der Waals surface area contributed by atoms with Gasteiger partial charge in [-0.3, -0.25) is 0 Å². The summed E-state index contributed by atoms with van der Waals surface area (Å²) in [4.78, 5) is 0.812. The standard InChI is InChI=1S/C7H7NO3S2/c1-5-3-6(4-8-9)7(12-5)13(2,10)11/h3H,1-2H3. The van der Waals surface area contributed by atoms with Gasteiger partial charge in [-0.1, -0.05) is 0 Å². The van der Waals surface area contributed by atoms with Gasteiger partial charge in [0.2, 0.25) is 0 Å². The third kappa shape index (κ3) is 2.20. The predicted molar refractivity (Wildman–Crippen MR) is 51.9 cm³/mol. The van der Waals surface area contributed by atoms with Gasteiger partial charge in [-0.15, -0.1) is 11.3 Å². The Bertz CT molecular complexity index is 476. The minimum absolute atomic E-state index is 0.143. The maximum atomic E-state index is 11.2. The first-order valence-electron chi connectivity index (χ1n) is 3.34. The Kier molecular flexibility index (Phi) is 2.59. The van der Waals surface area contributed by atoms with Gasteiger partial charge in [0.15, 0.2) is 9.84 Å². The van der Waals surface area contributed by atoms with E-state index in [1.807, 2.05) is 0 Å². The summed E-state index contributed by atoms with van der Waals surface area (Å²) in [5.74, 6) is 0. The molecule has 0 aliphatic rings. The number of rotatable bonds is 1. The topological polar surface area (TPSA) is 61.6 Å². The molecular weight excluding hydrogens is 210 g/mol. The van der Waals surface area contributed by atoms with Crippen molar-refractivity contribution in [2.75, 3.05) is 6.26 Å². The SMILES string of the molecule is Cc1cc(C#[N+][O-])c(S(C)(=O)=O)s1. The molecule has 1 aromatic heterocycles. The monoisotopic (exact) mass is 217 g/mol. The van der Waals surface area contributed by atoms with Gasteiger partial charge in [0.1, 0.15) is 9.77 Å². The minimum atomic E-state index is -3.28. The van der Waals surface area contributed by atoms with Crippen LogP contribution in [-0.4, -0.2) is 14.7 Å². The molecule has 6 heteroatoms. The van der Waals surface area contributed by atoms with Crippen LogP contribution in [0.25, 0.3) is 5.01 Å². The Morgan fingerprint density at radius 2 is 2.23 bits per heavy atom.